The first-order valence-electron chi connectivity index (χ1n) is 5.53. The quantitative estimate of drug-likeness (QED) is 0.794. The van der Waals surface area contributed by atoms with Crippen molar-refractivity contribution in [1.82, 2.24) is 9.97 Å². The third-order valence-corrected chi connectivity index (χ3v) is 2.65. The van der Waals surface area contributed by atoms with Gasteiger partial charge >= 0.3 is 0 Å². The number of carbonyl (C=O) groups is 1. The number of nitrogens with zero attached hydrogens (tertiary/aromatic N) is 1. The predicted molar refractivity (Wildman–Crippen MR) is 67.9 cm³/mol. The van der Waals surface area contributed by atoms with Gasteiger partial charge < -0.3 is 10.7 Å². The Kier molecular flexibility index (Phi) is 2.95. The first kappa shape index (κ1) is 11.4. The van der Waals surface area contributed by atoms with Crippen LogP contribution in [0.3, 0.4) is 0 Å². The standard InChI is InChI=1S/C13H15N3O/c1-8(2)11-12(16-13(14)15-11)10-5-3-9(7-17)4-6-10/h3-8H,1-2H3,(H3,14,15,16). The highest BCUT2D eigenvalue weighted by Crippen LogP contribution is 2.27. The first-order valence-corrected chi connectivity index (χ1v) is 5.53. The minimum Gasteiger partial charge on any atom is -0.369 e. The average Bonchev–Trinajstić information content (AvgIpc) is 2.72. The van der Waals surface area contributed by atoms with Crippen LogP contribution in [0, 0.1) is 0 Å². The number of aldehydes is 1. The molecular formula is C13H15N3O. The molecule has 0 spiro atoms. The average molecular weight is 229 g/mol. The highest BCUT2D eigenvalue weighted by atomic mass is 16.1. The van der Waals surface area contributed by atoms with Crippen LogP contribution < -0.4 is 5.73 Å². The maximum Gasteiger partial charge on any atom is 0.198 e. The van der Waals surface area contributed by atoms with Crippen molar-refractivity contribution in [2.75, 3.05) is 5.73 Å². The van der Waals surface area contributed by atoms with Gasteiger partial charge in [0, 0.05) is 16.8 Å². The molecule has 1 heterocycles. The molecule has 0 aliphatic heterocycles. The number of hydrogen-bond donors (Lipinski definition) is 2. The van der Waals surface area contributed by atoms with E-state index in [0.717, 1.165) is 23.2 Å². The van der Waals surface area contributed by atoms with Crippen LogP contribution in [0.4, 0.5) is 5.95 Å². The lowest BCUT2D eigenvalue weighted by Gasteiger charge is -2.05. The molecule has 0 fully saturated rings. The van der Waals surface area contributed by atoms with E-state index in [1.54, 1.807) is 12.1 Å². The van der Waals surface area contributed by atoms with Crippen LogP contribution in [-0.2, 0) is 0 Å². The molecular weight excluding hydrogens is 214 g/mol. The van der Waals surface area contributed by atoms with Crippen molar-refractivity contribution in [3.63, 3.8) is 0 Å². The number of nitrogens with one attached hydrogen (secondary N) is 1. The Hall–Kier alpha value is -2.10. The summed E-state index contributed by atoms with van der Waals surface area (Å²) in [6, 6.07) is 7.31. The van der Waals surface area contributed by atoms with E-state index in [1.165, 1.54) is 0 Å². The van der Waals surface area contributed by atoms with E-state index in [9.17, 15) is 4.79 Å². The second kappa shape index (κ2) is 4.41. The van der Waals surface area contributed by atoms with Gasteiger partial charge in [0.2, 0.25) is 0 Å². The number of aromatic nitrogens is 2. The van der Waals surface area contributed by atoms with E-state index < -0.39 is 0 Å². The Bertz CT molecular complexity index is 526. The molecule has 0 aliphatic rings. The minimum atomic E-state index is 0.320. The second-order valence-electron chi connectivity index (χ2n) is 4.28. The summed E-state index contributed by atoms with van der Waals surface area (Å²) < 4.78 is 0. The number of hydrogen-bond acceptors (Lipinski definition) is 3. The van der Waals surface area contributed by atoms with Crippen LogP contribution in [0.2, 0.25) is 0 Å². The molecule has 0 aliphatic carbocycles. The van der Waals surface area contributed by atoms with Crippen molar-refractivity contribution in [3.8, 4) is 11.3 Å². The van der Waals surface area contributed by atoms with Gasteiger partial charge in [-0.2, -0.15) is 0 Å². The second-order valence-corrected chi connectivity index (χ2v) is 4.28. The number of aromatic amines is 1. The van der Waals surface area contributed by atoms with Gasteiger partial charge in [-0.1, -0.05) is 38.1 Å². The molecule has 2 rings (SSSR count). The largest absolute Gasteiger partial charge is 0.369 e. The monoisotopic (exact) mass is 229 g/mol. The van der Waals surface area contributed by atoms with Crippen LogP contribution in [0.25, 0.3) is 11.3 Å². The minimum absolute atomic E-state index is 0.320. The number of carbonyl (C=O) groups excluding carboxylic acids is 1. The lowest BCUT2D eigenvalue weighted by Crippen LogP contribution is -1.92. The lowest BCUT2D eigenvalue weighted by atomic mass is 10.0. The van der Waals surface area contributed by atoms with Crippen LogP contribution in [0.1, 0.15) is 35.8 Å². The Balaban J connectivity index is 2.47. The van der Waals surface area contributed by atoms with Crippen LogP contribution >= 0.6 is 0 Å². The number of anilines is 1. The fourth-order valence-electron chi connectivity index (χ4n) is 1.76. The Morgan fingerprint density at radius 1 is 1.29 bits per heavy atom. The van der Waals surface area contributed by atoms with Gasteiger partial charge in [-0.3, -0.25) is 4.79 Å². The molecule has 1 aromatic carbocycles. The molecule has 0 bridgehead atoms. The topological polar surface area (TPSA) is 71.8 Å². The number of H-pyrrole nitrogens is 1. The molecule has 0 saturated heterocycles. The normalized spacial score (nSPS) is 10.8. The summed E-state index contributed by atoms with van der Waals surface area (Å²) >= 11 is 0. The SMILES string of the molecule is CC(C)c1[nH]c(N)nc1-c1ccc(C=O)cc1. The Morgan fingerprint density at radius 2 is 1.94 bits per heavy atom. The van der Waals surface area contributed by atoms with Crippen molar-refractivity contribution in [2.45, 2.75) is 19.8 Å². The molecule has 4 heteroatoms. The fraction of sp³-hybridized carbons (Fsp3) is 0.231. The van der Waals surface area contributed by atoms with E-state index in [2.05, 4.69) is 23.8 Å². The summed E-state index contributed by atoms with van der Waals surface area (Å²) in [5.41, 5.74) is 9.18. The summed E-state index contributed by atoms with van der Waals surface area (Å²) in [7, 11) is 0. The fourth-order valence-corrected chi connectivity index (χ4v) is 1.76. The molecule has 1 aromatic heterocycles. The maximum absolute atomic E-state index is 10.6. The number of nitrogen functional groups attached to an aromatic ring is 1. The highest BCUT2D eigenvalue weighted by molar-refractivity contribution is 5.77. The zero-order chi connectivity index (χ0) is 12.4. The summed E-state index contributed by atoms with van der Waals surface area (Å²) in [4.78, 5) is 18.0. The third-order valence-electron chi connectivity index (χ3n) is 2.65. The van der Waals surface area contributed by atoms with Crippen molar-refractivity contribution in [1.29, 1.82) is 0 Å². The molecule has 0 radical (unpaired) electrons. The summed E-state index contributed by atoms with van der Waals surface area (Å²) in [5.74, 6) is 0.740. The number of rotatable bonds is 3. The van der Waals surface area contributed by atoms with E-state index >= 15 is 0 Å². The predicted octanol–water partition coefficient (Wildman–Crippen LogP) is 2.59. The van der Waals surface area contributed by atoms with Gasteiger partial charge in [0.25, 0.3) is 0 Å². The van der Waals surface area contributed by atoms with E-state index in [-0.39, 0.29) is 0 Å². The molecule has 0 saturated carbocycles. The van der Waals surface area contributed by atoms with Crippen LogP contribution in [-0.4, -0.2) is 16.3 Å². The summed E-state index contributed by atoms with van der Waals surface area (Å²) in [6.07, 6.45) is 0.825. The molecule has 0 amide bonds. The highest BCUT2D eigenvalue weighted by Gasteiger charge is 2.13. The molecule has 0 unspecified atom stereocenters. The lowest BCUT2D eigenvalue weighted by molar-refractivity contribution is 0.112. The summed E-state index contributed by atoms with van der Waals surface area (Å²) in [5, 5.41) is 0. The van der Waals surface area contributed by atoms with Gasteiger partial charge in [-0.05, 0) is 5.92 Å². The zero-order valence-corrected chi connectivity index (χ0v) is 9.90. The Labute approximate surface area is 99.9 Å². The van der Waals surface area contributed by atoms with Gasteiger partial charge in [-0.15, -0.1) is 0 Å². The van der Waals surface area contributed by atoms with E-state index in [0.29, 0.717) is 17.4 Å². The third kappa shape index (κ3) is 2.20. The van der Waals surface area contributed by atoms with E-state index in [1.807, 2.05) is 12.1 Å². The molecule has 3 N–H and O–H groups in total. The van der Waals surface area contributed by atoms with E-state index in [4.69, 9.17) is 5.73 Å². The maximum atomic E-state index is 10.6. The van der Waals surface area contributed by atoms with Gasteiger partial charge in [-0.25, -0.2) is 4.98 Å². The number of benzene rings is 1. The zero-order valence-electron chi connectivity index (χ0n) is 9.90. The molecule has 4 nitrogen and oxygen atoms in total. The van der Waals surface area contributed by atoms with Gasteiger partial charge in [0.15, 0.2) is 5.95 Å². The molecule has 17 heavy (non-hydrogen) atoms. The molecule has 88 valence electrons. The van der Waals surface area contributed by atoms with Crippen LogP contribution in [0.5, 0.6) is 0 Å². The van der Waals surface area contributed by atoms with Crippen molar-refractivity contribution in [2.24, 2.45) is 0 Å². The Morgan fingerprint density at radius 3 is 2.47 bits per heavy atom. The number of nitrogens with two attached hydrogens (primary N) is 1. The number of imidazole rings is 1. The summed E-state index contributed by atoms with van der Waals surface area (Å²) in [6.45, 7) is 4.16. The van der Waals surface area contributed by atoms with Crippen LogP contribution in [0.15, 0.2) is 24.3 Å². The van der Waals surface area contributed by atoms with Gasteiger partial charge in [0.1, 0.15) is 6.29 Å². The van der Waals surface area contributed by atoms with Crippen molar-refractivity contribution >= 4 is 12.2 Å². The smallest absolute Gasteiger partial charge is 0.198 e. The van der Waals surface area contributed by atoms with Crippen molar-refractivity contribution in [3.05, 3.63) is 35.5 Å². The molecule has 2 aromatic rings. The van der Waals surface area contributed by atoms with Crippen molar-refractivity contribution < 1.29 is 4.79 Å². The first-order chi connectivity index (χ1) is 8.11. The molecule has 0 atom stereocenters. The van der Waals surface area contributed by atoms with Gasteiger partial charge in [0.05, 0.1) is 5.69 Å².